The molecule has 0 radical (unpaired) electrons. The topological polar surface area (TPSA) is 77.0 Å². The van der Waals surface area contributed by atoms with Crippen molar-refractivity contribution in [2.45, 2.75) is 20.3 Å². The van der Waals surface area contributed by atoms with Crippen molar-refractivity contribution in [1.29, 1.82) is 0 Å². The molecule has 2 aromatic rings. The molecule has 0 aliphatic carbocycles. The van der Waals surface area contributed by atoms with Crippen molar-refractivity contribution in [3.63, 3.8) is 0 Å². The van der Waals surface area contributed by atoms with Crippen LogP contribution in [0.5, 0.6) is 0 Å². The molecule has 3 N–H and O–H groups in total. The zero-order valence-corrected chi connectivity index (χ0v) is 10.0. The number of rotatable bonds is 4. The zero-order valence-electron chi connectivity index (χ0n) is 10.0. The Morgan fingerprint density at radius 3 is 2.82 bits per heavy atom. The second kappa shape index (κ2) is 4.86. The maximum absolute atomic E-state index is 5.75. The van der Waals surface area contributed by atoms with Crippen LogP contribution in [0.25, 0.3) is 0 Å². The van der Waals surface area contributed by atoms with Gasteiger partial charge in [0.25, 0.3) is 0 Å². The third-order valence-electron chi connectivity index (χ3n) is 2.52. The van der Waals surface area contributed by atoms with Crippen LogP contribution >= 0.6 is 0 Å². The fourth-order valence-electron chi connectivity index (χ4n) is 1.55. The highest BCUT2D eigenvalue weighted by molar-refractivity contribution is 5.56. The van der Waals surface area contributed by atoms with Crippen molar-refractivity contribution in [2.75, 3.05) is 17.6 Å². The minimum absolute atomic E-state index is 0.600. The third-order valence-corrected chi connectivity index (χ3v) is 2.52. The molecule has 1 heterocycles. The molecule has 17 heavy (non-hydrogen) atoms. The van der Waals surface area contributed by atoms with E-state index in [2.05, 4.69) is 15.5 Å². The van der Waals surface area contributed by atoms with Gasteiger partial charge in [-0.1, -0.05) is 5.16 Å². The lowest BCUT2D eigenvalue weighted by atomic mass is 10.2. The summed E-state index contributed by atoms with van der Waals surface area (Å²) in [6, 6.07) is 5.89. The van der Waals surface area contributed by atoms with Crippen LogP contribution < -0.4 is 11.1 Å². The van der Waals surface area contributed by atoms with E-state index in [1.807, 2.05) is 25.1 Å². The quantitative estimate of drug-likeness (QED) is 0.787. The molecule has 0 atom stereocenters. The van der Waals surface area contributed by atoms with Gasteiger partial charge >= 0.3 is 0 Å². The largest absolute Gasteiger partial charge is 0.399 e. The summed E-state index contributed by atoms with van der Waals surface area (Å²) in [7, 11) is 0. The molecule has 90 valence electrons. The minimum Gasteiger partial charge on any atom is -0.399 e. The molecule has 1 aromatic carbocycles. The molecule has 0 aliphatic rings. The van der Waals surface area contributed by atoms with E-state index in [0.717, 1.165) is 35.7 Å². The first kappa shape index (κ1) is 11.4. The van der Waals surface area contributed by atoms with Gasteiger partial charge in [0.2, 0.25) is 5.89 Å². The van der Waals surface area contributed by atoms with Crippen LogP contribution in [0.3, 0.4) is 0 Å². The predicted octanol–water partition coefficient (Wildman–Crippen LogP) is 1.92. The highest BCUT2D eigenvalue weighted by Gasteiger charge is 2.02. The molecule has 0 aliphatic heterocycles. The molecular weight excluding hydrogens is 216 g/mol. The fraction of sp³-hybridized carbons (Fsp3) is 0.333. The van der Waals surface area contributed by atoms with Crippen LogP contribution in [0.2, 0.25) is 0 Å². The Hall–Kier alpha value is -2.04. The number of anilines is 2. The average molecular weight is 232 g/mol. The van der Waals surface area contributed by atoms with Crippen LogP contribution in [-0.4, -0.2) is 16.7 Å². The molecule has 0 bridgehead atoms. The maximum atomic E-state index is 5.75. The number of nitrogens with zero attached hydrogens (tertiary/aromatic N) is 2. The lowest BCUT2D eigenvalue weighted by Crippen LogP contribution is -2.06. The fourth-order valence-corrected chi connectivity index (χ4v) is 1.55. The number of nitrogens with one attached hydrogen (secondary N) is 1. The van der Waals surface area contributed by atoms with Gasteiger partial charge in [-0.05, 0) is 30.7 Å². The van der Waals surface area contributed by atoms with Gasteiger partial charge in [0.05, 0.1) is 0 Å². The molecule has 0 spiro atoms. The summed E-state index contributed by atoms with van der Waals surface area (Å²) in [4.78, 5) is 4.14. The molecule has 0 amide bonds. The van der Waals surface area contributed by atoms with Crippen molar-refractivity contribution in [2.24, 2.45) is 0 Å². The van der Waals surface area contributed by atoms with E-state index in [-0.39, 0.29) is 0 Å². The summed E-state index contributed by atoms with van der Waals surface area (Å²) < 4.78 is 4.90. The van der Waals surface area contributed by atoms with Gasteiger partial charge in [0.1, 0.15) is 0 Å². The average Bonchev–Trinajstić information content (AvgIpc) is 2.70. The van der Waals surface area contributed by atoms with Gasteiger partial charge in [-0.3, -0.25) is 0 Å². The second-order valence-electron chi connectivity index (χ2n) is 3.98. The molecule has 5 nitrogen and oxygen atoms in total. The Labute approximate surface area is 100 Å². The Morgan fingerprint density at radius 1 is 1.35 bits per heavy atom. The number of aryl methyl sites for hydroxylation is 2. The van der Waals surface area contributed by atoms with E-state index in [1.165, 1.54) is 0 Å². The summed E-state index contributed by atoms with van der Waals surface area (Å²) >= 11 is 0. The highest BCUT2D eigenvalue weighted by atomic mass is 16.5. The van der Waals surface area contributed by atoms with Crippen LogP contribution in [0.15, 0.2) is 22.7 Å². The molecule has 1 aromatic heterocycles. The standard InChI is InChI=1S/C12H16N4O/c1-8-7-10(3-4-11(8)13)14-6-5-12-15-9(2)17-16-12/h3-4,7,14H,5-6,13H2,1-2H3. The van der Waals surface area contributed by atoms with E-state index >= 15 is 0 Å². The number of nitrogens with two attached hydrogens (primary N) is 1. The van der Waals surface area contributed by atoms with Gasteiger partial charge < -0.3 is 15.6 Å². The summed E-state index contributed by atoms with van der Waals surface area (Å²) in [6.45, 7) is 4.54. The summed E-state index contributed by atoms with van der Waals surface area (Å²) in [5.41, 5.74) is 8.69. The summed E-state index contributed by atoms with van der Waals surface area (Å²) in [6.07, 6.45) is 0.737. The molecule has 5 heteroatoms. The van der Waals surface area contributed by atoms with Gasteiger partial charge in [-0.25, -0.2) is 0 Å². The minimum atomic E-state index is 0.600. The maximum Gasteiger partial charge on any atom is 0.223 e. The smallest absolute Gasteiger partial charge is 0.223 e. The Kier molecular flexibility index (Phi) is 3.27. The molecule has 0 saturated heterocycles. The second-order valence-corrected chi connectivity index (χ2v) is 3.98. The Bertz CT molecular complexity index is 507. The summed E-state index contributed by atoms with van der Waals surface area (Å²) in [5, 5.41) is 7.13. The Morgan fingerprint density at radius 2 is 2.18 bits per heavy atom. The van der Waals surface area contributed by atoms with E-state index in [4.69, 9.17) is 10.3 Å². The first-order valence-corrected chi connectivity index (χ1v) is 5.54. The van der Waals surface area contributed by atoms with E-state index in [9.17, 15) is 0 Å². The molecular formula is C12H16N4O. The van der Waals surface area contributed by atoms with Crippen molar-refractivity contribution in [1.82, 2.24) is 10.1 Å². The molecule has 0 saturated carbocycles. The number of hydrogen-bond donors (Lipinski definition) is 2. The Balaban J connectivity index is 1.87. The van der Waals surface area contributed by atoms with Crippen LogP contribution in [0.1, 0.15) is 17.3 Å². The number of benzene rings is 1. The molecule has 0 fully saturated rings. The predicted molar refractivity (Wildman–Crippen MR) is 66.8 cm³/mol. The SMILES string of the molecule is Cc1nc(CCNc2ccc(N)c(C)c2)no1. The molecule has 2 rings (SSSR count). The van der Waals surface area contributed by atoms with E-state index < -0.39 is 0 Å². The van der Waals surface area contributed by atoms with Gasteiger partial charge in [-0.2, -0.15) is 4.98 Å². The third kappa shape index (κ3) is 2.96. The zero-order chi connectivity index (χ0) is 12.3. The number of nitrogen functional groups attached to an aromatic ring is 1. The van der Waals surface area contributed by atoms with Crippen molar-refractivity contribution in [3.05, 3.63) is 35.5 Å². The number of aromatic nitrogens is 2. The first-order chi connectivity index (χ1) is 8.15. The van der Waals surface area contributed by atoms with Crippen molar-refractivity contribution in [3.8, 4) is 0 Å². The van der Waals surface area contributed by atoms with Gasteiger partial charge in [0.15, 0.2) is 5.82 Å². The van der Waals surface area contributed by atoms with E-state index in [0.29, 0.717) is 5.89 Å². The van der Waals surface area contributed by atoms with Gasteiger partial charge in [0, 0.05) is 31.3 Å². The highest BCUT2D eigenvalue weighted by Crippen LogP contribution is 2.16. The van der Waals surface area contributed by atoms with Crippen molar-refractivity contribution < 1.29 is 4.52 Å². The normalized spacial score (nSPS) is 10.5. The van der Waals surface area contributed by atoms with E-state index in [1.54, 1.807) is 6.92 Å². The number of hydrogen-bond acceptors (Lipinski definition) is 5. The van der Waals surface area contributed by atoms with Crippen LogP contribution in [0.4, 0.5) is 11.4 Å². The first-order valence-electron chi connectivity index (χ1n) is 5.54. The van der Waals surface area contributed by atoms with Crippen LogP contribution in [0, 0.1) is 13.8 Å². The lowest BCUT2D eigenvalue weighted by Gasteiger charge is -2.07. The van der Waals surface area contributed by atoms with Crippen LogP contribution in [-0.2, 0) is 6.42 Å². The monoisotopic (exact) mass is 232 g/mol. The van der Waals surface area contributed by atoms with Crippen molar-refractivity contribution >= 4 is 11.4 Å². The summed E-state index contributed by atoms with van der Waals surface area (Å²) in [5.74, 6) is 1.32. The van der Waals surface area contributed by atoms with Gasteiger partial charge in [-0.15, -0.1) is 0 Å². The molecule has 0 unspecified atom stereocenters. The lowest BCUT2D eigenvalue weighted by molar-refractivity contribution is 0.387.